The summed E-state index contributed by atoms with van der Waals surface area (Å²) in [5.41, 5.74) is 6.55. The minimum absolute atomic E-state index is 0.0344. The van der Waals surface area contributed by atoms with Crippen molar-refractivity contribution < 1.29 is 28.7 Å². The molecule has 5 aromatic rings. The van der Waals surface area contributed by atoms with Gasteiger partial charge >= 0.3 is 6.09 Å². The van der Waals surface area contributed by atoms with Gasteiger partial charge < -0.3 is 39.9 Å². The summed E-state index contributed by atoms with van der Waals surface area (Å²) < 4.78 is 10.7. The summed E-state index contributed by atoms with van der Waals surface area (Å²) in [4.78, 5) is 59.9. The smallest absolute Gasteiger partial charge is 0.407 e. The van der Waals surface area contributed by atoms with Crippen LogP contribution in [0, 0.1) is 11.8 Å². The number of aromatic amines is 2. The number of hydrogen-bond donors (Lipinski definition) is 4. The minimum Gasteiger partial charge on any atom is -0.471 e. The predicted molar refractivity (Wildman–Crippen MR) is 238 cm³/mol. The van der Waals surface area contributed by atoms with E-state index in [9.17, 15) is 14.4 Å². The van der Waals surface area contributed by atoms with E-state index in [1.807, 2.05) is 11.1 Å². The third kappa shape index (κ3) is 17.9. The van der Waals surface area contributed by atoms with Gasteiger partial charge in [0.2, 0.25) is 11.8 Å². The van der Waals surface area contributed by atoms with E-state index in [1.165, 1.54) is 60.4 Å². The molecule has 14 nitrogen and oxygen atoms in total. The molecule has 0 atom stereocenters. The highest BCUT2D eigenvalue weighted by atomic mass is 32.1. The summed E-state index contributed by atoms with van der Waals surface area (Å²) in [6.07, 6.45) is 13.3. The maximum atomic E-state index is 11.3. The number of thiophene rings is 2. The molecule has 7 rings (SSSR count). The van der Waals surface area contributed by atoms with Gasteiger partial charge in [0.1, 0.15) is 12.2 Å². The van der Waals surface area contributed by atoms with Gasteiger partial charge in [-0.25, -0.2) is 14.8 Å². The number of hydrogen-bond acceptors (Lipinski definition) is 11. The van der Waals surface area contributed by atoms with E-state index in [0.717, 1.165) is 61.5 Å². The second-order valence-corrected chi connectivity index (χ2v) is 14.8. The molecule has 2 aliphatic heterocycles. The Hall–Kier alpha value is -5.50. The van der Waals surface area contributed by atoms with Crippen molar-refractivity contribution in [1.29, 1.82) is 0 Å². The Labute approximate surface area is 356 Å². The van der Waals surface area contributed by atoms with Crippen LogP contribution in [0.4, 0.5) is 4.79 Å². The summed E-state index contributed by atoms with van der Waals surface area (Å²) in [6.45, 7) is 12.9. The summed E-state index contributed by atoms with van der Waals surface area (Å²) in [5.74, 6) is 6.58. The second-order valence-electron chi connectivity index (χ2n) is 13.0. The number of likely N-dealkylation sites (N-methyl/N-ethyl adjacent to an activating group) is 1. The number of fused-ring (bicyclic) bond motifs is 1. The first-order valence-electron chi connectivity index (χ1n) is 19.8. The Morgan fingerprint density at radius 3 is 1.80 bits per heavy atom. The van der Waals surface area contributed by atoms with Gasteiger partial charge in [-0.2, -0.15) is 0 Å². The molecule has 4 aromatic heterocycles. The molecule has 0 aliphatic carbocycles. The van der Waals surface area contributed by atoms with Crippen molar-refractivity contribution in [2.45, 2.75) is 66.2 Å². The van der Waals surface area contributed by atoms with E-state index in [4.69, 9.17) is 4.79 Å². The summed E-state index contributed by atoms with van der Waals surface area (Å²) in [6, 6.07) is 8.57. The van der Waals surface area contributed by atoms with E-state index < -0.39 is 6.09 Å². The number of alkyl carbamates (subject to hydrolysis) is 1. The molecule has 4 N–H and O–H groups in total. The van der Waals surface area contributed by atoms with Crippen LogP contribution in [0.2, 0.25) is 0 Å². The zero-order valence-corrected chi connectivity index (χ0v) is 37.0. The largest absolute Gasteiger partial charge is 0.471 e. The normalized spacial score (nSPS) is 12.2. The Kier molecular flexibility index (Phi) is 25.0. The number of aromatic nitrogens is 4. The molecule has 2 aliphatic rings. The highest BCUT2D eigenvalue weighted by molar-refractivity contribution is 7.27. The fourth-order valence-electron chi connectivity index (χ4n) is 5.34. The number of rotatable bonds is 7. The number of carbonyl (C=O) groups is 4. The summed E-state index contributed by atoms with van der Waals surface area (Å²) in [7, 11) is 4.39. The van der Waals surface area contributed by atoms with Gasteiger partial charge in [-0.3, -0.25) is 14.4 Å². The van der Waals surface area contributed by atoms with Crippen LogP contribution in [0.25, 0.3) is 31.8 Å². The highest BCUT2D eigenvalue weighted by Gasteiger charge is 2.18. The van der Waals surface area contributed by atoms with Crippen LogP contribution in [0.5, 0.6) is 0 Å². The van der Waals surface area contributed by atoms with Crippen molar-refractivity contribution in [3.05, 3.63) is 71.3 Å². The predicted octanol–water partition coefficient (Wildman–Crippen LogP) is 7.56. The third-order valence-electron chi connectivity index (χ3n) is 8.03. The molecule has 3 amide bonds. The molecule has 0 spiro atoms. The van der Waals surface area contributed by atoms with Gasteiger partial charge in [0.05, 0.1) is 66.5 Å². The van der Waals surface area contributed by atoms with E-state index in [1.54, 1.807) is 53.5 Å². The molecular formula is C43H60N8O6S2. The third-order valence-corrected chi connectivity index (χ3v) is 10.2. The molecule has 0 saturated carbocycles. The second kappa shape index (κ2) is 29.7. The first-order chi connectivity index (χ1) is 28.7. The Morgan fingerprint density at radius 2 is 1.31 bits per heavy atom. The van der Waals surface area contributed by atoms with E-state index in [0.29, 0.717) is 13.0 Å². The first kappa shape index (κ1) is 49.6. The lowest BCUT2D eigenvalue weighted by Gasteiger charge is -2.14. The number of nitrogens with one attached hydrogen (secondary N) is 4. The van der Waals surface area contributed by atoms with Gasteiger partial charge in [-0.1, -0.05) is 70.7 Å². The van der Waals surface area contributed by atoms with Crippen molar-refractivity contribution in [3.8, 4) is 34.2 Å². The van der Waals surface area contributed by atoms with Crippen molar-refractivity contribution in [2.24, 2.45) is 0 Å². The monoisotopic (exact) mass is 848 g/mol. The first-order valence-corrected chi connectivity index (χ1v) is 21.5. The van der Waals surface area contributed by atoms with Crippen molar-refractivity contribution in [1.82, 2.24) is 40.4 Å². The molecule has 16 heteroatoms. The van der Waals surface area contributed by atoms with Crippen LogP contribution >= 0.6 is 22.7 Å². The number of nitrogens with zero attached hydrogens (tertiary/aromatic N) is 4. The van der Waals surface area contributed by atoms with Gasteiger partial charge in [0, 0.05) is 42.5 Å². The summed E-state index contributed by atoms with van der Waals surface area (Å²) in [5, 5.41) is 9.56. The molecule has 2 fully saturated rings. The van der Waals surface area contributed by atoms with Crippen LogP contribution in [0.1, 0.15) is 77.5 Å². The topological polar surface area (TPSA) is 175 Å². The van der Waals surface area contributed by atoms with Crippen LogP contribution in [0.15, 0.2) is 60.1 Å². The SMILES string of the molecule is C(#Cc1csc2c(-c3ccc(-c4cnc[nH]4)cc3)csc12)c1cnc[nH]1.CCC.CCC.CNCC(=O)N1CCCC1.COC(=O)NCC(=O)N1CCCC1.COC=O. The number of amides is 3. The molecule has 0 radical (unpaired) electrons. The maximum Gasteiger partial charge on any atom is 0.407 e. The Bertz CT molecular complexity index is 1950. The lowest BCUT2D eigenvalue weighted by molar-refractivity contribution is -0.129. The van der Waals surface area contributed by atoms with Crippen LogP contribution in [-0.4, -0.2) is 115 Å². The molecule has 0 unspecified atom stereocenters. The molecule has 320 valence electrons. The van der Waals surface area contributed by atoms with Crippen LogP contribution < -0.4 is 10.6 Å². The van der Waals surface area contributed by atoms with Gasteiger partial charge in [-0.15, -0.1) is 22.7 Å². The number of benzene rings is 1. The molecule has 1 aromatic carbocycles. The number of H-pyrrole nitrogens is 2. The number of likely N-dealkylation sites (tertiary alicyclic amines) is 2. The summed E-state index contributed by atoms with van der Waals surface area (Å²) >= 11 is 3.49. The standard InChI is InChI=1S/C20H12N4S2.C8H14N2O3.C7H14N2O.2C3H8.C2H4O2/c1-3-14(18-8-22-12-24-18)4-2-13(1)17-10-26-19-15(9-25-20(17)19)5-6-16-7-21-11-23-16;1-13-8(12)9-6-7(11)10-4-2-3-5-10;1-8-6-7(10)9-4-2-3-5-9;2*1-3-2;1-4-2-3/h1-4,7-12H,(H,21,23)(H,22,24);2-6H2,1H3,(H,9,12);8H,2-6H2,1H3;2*3H2,1-2H3;2H,1H3. The molecule has 0 bridgehead atoms. The number of imidazole rings is 2. The Balaban J connectivity index is 0.000000304. The van der Waals surface area contributed by atoms with E-state index >= 15 is 0 Å². The lowest BCUT2D eigenvalue weighted by Crippen LogP contribution is -2.38. The fourth-order valence-corrected chi connectivity index (χ4v) is 7.65. The van der Waals surface area contributed by atoms with Crippen molar-refractivity contribution >= 4 is 56.5 Å². The molecular weight excluding hydrogens is 789 g/mol. The number of ether oxygens (including phenoxy) is 2. The number of methoxy groups -OCH3 is 2. The van der Waals surface area contributed by atoms with Gasteiger partial charge in [-0.05, 0) is 49.8 Å². The fraction of sp³-hybridized carbons (Fsp3) is 0.442. The quantitative estimate of drug-likeness (QED) is 0.0952. The lowest BCUT2D eigenvalue weighted by atomic mass is 10.1. The highest BCUT2D eigenvalue weighted by Crippen LogP contribution is 2.40. The average molecular weight is 849 g/mol. The zero-order valence-electron chi connectivity index (χ0n) is 35.4. The van der Waals surface area contributed by atoms with E-state index in [2.05, 4.69) is 115 Å². The molecule has 2 saturated heterocycles. The number of carbonyl (C=O) groups excluding carboxylic acids is 4. The Morgan fingerprint density at radius 1 is 0.780 bits per heavy atom. The molecule has 6 heterocycles. The zero-order chi connectivity index (χ0) is 43.3. The van der Waals surface area contributed by atoms with E-state index in [-0.39, 0.29) is 18.4 Å². The van der Waals surface area contributed by atoms with Gasteiger partial charge in [0.25, 0.3) is 6.47 Å². The maximum absolute atomic E-state index is 11.3. The average Bonchev–Trinajstić information content (AvgIpc) is 4.10. The van der Waals surface area contributed by atoms with Gasteiger partial charge in [0.15, 0.2) is 0 Å². The molecule has 59 heavy (non-hydrogen) atoms. The van der Waals surface area contributed by atoms with Crippen molar-refractivity contribution in [3.63, 3.8) is 0 Å². The van der Waals surface area contributed by atoms with Crippen LogP contribution in [0.3, 0.4) is 0 Å². The minimum atomic E-state index is -0.562. The van der Waals surface area contributed by atoms with Crippen LogP contribution in [-0.2, 0) is 23.9 Å². The van der Waals surface area contributed by atoms with Crippen molar-refractivity contribution in [2.75, 3.05) is 60.5 Å².